The van der Waals surface area contributed by atoms with E-state index >= 15 is 0 Å². The average Bonchev–Trinajstić information content (AvgIpc) is 2.39. The first kappa shape index (κ1) is 13.4. The highest BCUT2D eigenvalue weighted by Crippen LogP contribution is 2.23. The number of hydrogen-bond donors (Lipinski definition) is 1. The second kappa shape index (κ2) is 6.79. The van der Waals surface area contributed by atoms with E-state index in [1.807, 2.05) is 0 Å². The van der Waals surface area contributed by atoms with Crippen LogP contribution in [0.5, 0.6) is 0 Å². The van der Waals surface area contributed by atoms with Gasteiger partial charge < -0.3 is 10.2 Å². The summed E-state index contributed by atoms with van der Waals surface area (Å²) in [6, 6.07) is 6.91. The molecule has 0 aliphatic carbocycles. The zero-order valence-electron chi connectivity index (χ0n) is 11.8. The highest BCUT2D eigenvalue weighted by atomic mass is 15.1. The van der Waals surface area contributed by atoms with Crippen LogP contribution in [0.2, 0.25) is 0 Å². The average molecular weight is 246 g/mol. The Labute approximate surface area is 111 Å². The number of fused-ring (bicyclic) bond motifs is 1. The van der Waals surface area contributed by atoms with Gasteiger partial charge in [0.1, 0.15) is 0 Å². The molecule has 0 fully saturated rings. The fraction of sp³-hybridized carbons (Fsp3) is 0.625. The number of unbranched alkanes of at least 4 members (excludes halogenated alkanes) is 2. The third-order valence-corrected chi connectivity index (χ3v) is 3.70. The minimum absolute atomic E-state index is 1.08. The van der Waals surface area contributed by atoms with Crippen LogP contribution >= 0.6 is 0 Å². The van der Waals surface area contributed by atoms with Gasteiger partial charge >= 0.3 is 0 Å². The molecule has 0 unspecified atom stereocenters. The number of aryl methyl sites for hydroxylation is 1. The van der Waals surface area contributed by atoms with Gasteiger partial charge in [0, 0.05) is 18.8 Å². The van der Waals surface area contributed by atoms with Crippen molar-refractivity contribution < 1.29 is 0 Å². The standard InChI is InChI=1S/C16H26N2/c1-3-4-5-11-18(2)13-14-8-9-16-15(12-14)7-6-10-17-16/h8-9,12,17H,3-7,10-11,13H2,1-2H3. The molecule has 2 nitrogen and oxygen atoms in total. The van der Waals surface area contributed by atoms with Crippen molar-refractivity contribution in [3.63, 3.8) is 0 Å². The molecule has 0 amide bonds. The lowest BCUT2D eigenvalue weighted by atomic mass is 10.0. The lowest BCUT2D eigenvalue weighted by Crippen LogP contribution is -2.19. The topological polar surface area (TPSA) is 15.3 Å². The van der Waals surface area contributed by atoms with E-state index in [-0.39, 0.29) is 0 Å². The van der Waals surface area contributed by atoms with Gasteiger partial charge in [0.2, 0.25) is 0 Å². The van der Waals surface area contributed by atoms with Gasteiger partial charge in [-0.1, -0.05) is 31.9 Å². The van der Waals surface area contributed by atoms with Crippen molar-refractivity contribution in [2.45, 2.75) is 45.6 Å². The Morgan fingerprint density at radius 3 is 3.00 bits per heavy atom. The molecule has 18 heavy (non-hydrogen) atoms. The molecule has 2 heteroatoms. The van der Waals surface area contributed by atoms with Crippen LogP contribution < -0.4 is 5.32 Å². The molecule has 2 rings (SSSR count). The van der Waals surface area contributed by atoms with Gasteiger partial charge in [-0.15, -0.1) is 0 Å². The molecule has 0 radical (unpaired) electrons. The predicted octanol–water partition coefficient (Wildman–Crippen LogP) is 3.67. The lowest BCUT2D eigenvalue weighted by Gasteiger charge is -2.21. The first-order valence-electron chi connectivity index (χ1n) is 7.34. The minimum Gasteiger partial charge on any atom is -0.385 e. The summed E-state index contributed by atoms with van der Waals surface area (Å²) < 4.78 is 0. The largest absolute Gasteiger partial charge is 0.385 e. The van der Waals surface area contributed by atoms with Crippen LogP contribution in [0.3, 0.4) is 0 Å². The quantitative estimate of drug-likeness (QED) is 0.771. The summed E-state index contributed by atoms with van der Waals surface area (Å²) in [5.74, 6) is 0. The van der Waals surface area contributed by atoms with E-state index in [1.165, 1.54) is 55.5 Å². The zero-order valence-corrected chi connectivity index (χ0v) is 11.8. The molecular formula is C16H26N2. The fourth-order valence-corrected chi connectivity index (χ4v) is 2.65. The van der Waals surface area contributed by atoms with E-state index < -0.39 is 0 Å². The molecular weight excluding hydrogens is 220 g/mol. The Kier molecular flexibility index (Phi) is 5.06. The van der Waals surface area contributed by atoms with E-state index in [4.69, 9.17) is 0 Å². The first-order valence-corrected chi connectivity index (χ1v) is 7.34. The second-order valence-corrected chi connectivity index (χ2v) is 5.47. The number of hydrogen-bond acceptors (Lipinski definition) is 2. The molecule has 1 aliphatic heterocycles. The summed E-state index contributed by atoms with van der Waals surface area (Å²) in [5.41, 5.74) is 4.30. The van der Waals surface area contributed by atoms with Gasteiger partial charge in [0.25, 0.3) is 0 Å². The van der Waals surface area contributed by atoms with E-state index in [1.54, 1.807) is 0 Å². The maximum atomic E-state index is 3.47. The second-order valence-electron chi connectivity index (χ2n) is 5.47. The van der Waals surface area contributed by atoms with Crippen LogP contribution in [0, 0.1) is 0 Å². The van der Waals surface area contributed by atoms with E-state index in [9.17, 15) is 0 Å². The molecule has 100 valence electrons. The maximum absolute atomic E-state index is 3.47. The van der Waals surface area contributed by atoms with Gasteiger partial charge in [-0.05, 0) is 50.0 Å². The van der Waals surface area contributed by atoms with Crippen LogP contribution in [0.1, 0.15) is 43.7 Å². The third-order valence-electron chi connectivity index (χ3n) is 3.70. The molecule has 1 aliphatic rings. The summed E-state index contributed by atoms with van der Waals surface area (Å²) in [7, 11) is 2.23. The number of rotatable bonds is 6. The predicted molar refractivity (Wildman–Crippen MR) is 79.1 cm³/mol. The summed E-state index contributed by atoms with van der Waals surface area (Å²) in [6.45, 7) is 5.68. The molecule has 1 aromatic carbocycles. The SMILES string of the molecule is CCCCCN(C)Cc1ccc2c(c1)CCCN2. The highest BCUT2D eigenvalue weighted by molar-refractivity contribution is 5.54. The zero-order chi connectivity index (χ0) is 12.8. The smallest absolute Gasteiger partial charge is 0.0372 e. The van der Waals surface area contributed by atoms with E-state index in [0.717, 1.165) is 13.1 Å². The molecule has 0 saturated heterocycles. The summed E-state index contributed by atoms with van der Waals surface area (Å²) in [5, 5.41) is 3.47. The van der Waals surface area contributed by atoms with Crippen molar-refractivity contribution in [1.29, 1.82) is 0 Å². The Balaban J connectivity index is 1.89. The van der Waals surface area contributed by atoms with Gasteiger partial charge in [-0.2, -0.15) is 0 Å². The third kappa shape index (κ3) is 3.74. The van der Waals surface area contributed by atoms with E-state index in [2.05, 4.69) is 42.4 Å². The Hall–Kier alpha value is -1.02. The van der Waals surface area contributed by atoms with Crippen LogP contribution in [-0.2, 0) is 13.0 Å². The molecule has 0 bridgehead atoms. The van der Waals surface area contributed by atoms with Crippen molar-refractivity contribution in [1.82, 2.24) is 4.90 Å². The highest BCUT2D eigenvalue weighted by Gasteiger charge is 2.09. The minimum atomic E-state index is 1.08. The van der Waals surface area contributed by atoms with Gasteiger partial charge in [-0.3, -0.25) is 0 Å². The summed E-state index contributed by atoms with van der Waals surface area (Å²) in [4.78, 5) is 2.44. The van der Waals surface area contributed by atoms with Crippen LogP contribution in [0.15, 0.2) is 18.2 Å². The normalized spacial score (nSPS) is 14.4. The van der Waals surface area contributed by atoms with Crippen molar-refractivity contribution in [3.05, 3.63) is 29.3 Å². The lowest BCUT2D eigenvalue weighted by molar-refractivity contribution is 0.318. The van der Waals surface area contributed by atoms with Crippen molar-refractivity contribution in [3.8, 4) is 0 Å². The molecule has 1 heterocycles. The number of anilines is 1. The molecule has 1 aromatic rings. The van der Waals surface area contributed by atoms with Crippen LogP contribution in [-0.4, -0.2) is 25.0 Å². The van der Waals surface area contributed by atoms with Crippen molar-refractivity contribution in [2.75, 3.05) is 25.5 Å². The summed E-state index contributed by atoms with van der Waals surface area (Å²) >= 11 is 0. The van der Waals surface area contributed by atoms with Crippen LogP contribution in [0.25, 0.3) is 0 Å². The van der Waals surface area contributed by atoms with Gasteiger partial charge in [-0.25, -0.2) is 0 Å². The van der Waals surface area contributed by atoms with E-state index in [0.29, 0.717) is 0 Å². The first-order chi connectivity index (χ1) is 8.79. The Morgan fingerprint density at radius 1 is 1.28 bits per heavy atom. The molecule has 0 atom stereocenters. The van der Waals surface area contributed by atoms with Crippen LogP contribution in [0.4, 0.5) is 5.69 Å². The monoisotopic (exact) mass is 246 g/mol. The summed E-state index contributed by atoms with van der Waals surface area (Å²) in [6.07, 6.45) is 6.47. The molecule has 0 spiro atoms. The Morgan fingerprint density at radius 2 is 2.17 bits per heavy atom. The number of nitrogens with zero attached hydrogens (tertiary/aromatic N) is 1. The number of nitrogens with one attached hydrogen (secondary N) is 1. The Bertz CT molecular complexity index is 373. The van der Waals surface area contributed by atoms with Gasteiger partial charge in [0.15, 0.2) is 0 Å². The van der Waals surface area contributed by atoms with Gasteiger partial charge in [0.05, 0.1) is 0 Å². The number of benzene rings is 1. The van der Waals surface area contributed by atoms with Crippen molar-refractivity contribution in [2.24, 2.45) is 0 Å². The molecule has 0 saturated carbocycles. The molecule has 1 N–H and O–H groups in total. The van der Waals surface area contributed by atoms with Crippen molar-refractivity contribution >= 4 is 5.69 Å². The maximum Gasteiger partial charge on any atom is 0.0372 e. The molecule has 0 aromatic heterocycles. The fourth-order valence-electron chi connectivity index (χ4n) is 2.65.